The molecule has 17 heavy (non-hydrogen) atoms. The first kappa shape index (κ1) is 12.6. The molecule has 0 saturated heterocycles. The Morgan fingerprint density at radius 1 is 1.24 bits per heavy atom. The van der Waals surface area contributed by atoms with Crippen LogP contribution in [-0.2, 0) is 0 Å². The highest BCUT2D eigenvalue weighted by molar-refractivity contribution is 7.99. The first-order chi connectivity index (χ1) is 8.04. The van der Waals surface area contributed by atoms with Crippen LogP contribution in [-0.4, -0.2) is 29.7 Å². The zero-order valence-corrected chi connectivity index (χ0v) is 11.0. The fraction of sp³-hybridized carbons (Fsp3) is 0.538. The first-order valence-electron chi connectivity index (χ1n) is 5.79. The molecule has 1 aliphatic rings. The van der Waals surface area contributed by atoms with Crippen LogP contribution in [0.4, 0.5) is 0 Å². The second kappa shape index (κ2) is 5.19. The van der Waals surface area contributed by atoms with E-state index in [2.05, 4.69) is 0 Å². The minimum atomic E-state index is -0.658. The van der Waals surface area contributed by atoms with Gasteiger partial charge < -0.3 is 14.6 Å². The topological polar surface area (TPSA) is 38.7 Å². The van der Waals surface area contributed by atoms with Crippen LogP contribution in [0, 0.1) is 0 Å². The fourth-order valence-electron chi connectivity index (χ4n) is 1.49. The number of hydrogen-bond acceptors (Lipinski definition) is 4. The Balaban J connectivity index is 2.07. The molecule has 0 fully saturated rings. The van der Waals surface area contributed by atoms with Gasteiger partial charge >= 0.3 is 0 Å². The second-order valence-corrected chi connectivity index (χ2v) is 5.81. The van der Waals surface area contributed by atoms with Crippen molar-refractivity contribution in [2.24, 2.45) is 0 Å². The van der Waals surface area contributed by atoms with E-state index in [1.165, 1.54) is 0 Å². The lowest BCUT2D eigenvalue weighted by atomic mass is 10.2. The molecule has 1 heterocycles. The van der Waals surface area contributed by atoms with Crippen molar-refractivity contribution in [2.75, 3.05) is 19.0 Å². The summed E-state index contributed by atoms with van der Waals surface area (Å²) in [6.45, 7) is 5.03. The minimum absolute atomic E-state index is 0.658. The van der Waals surface area contributed by atoms with E-state index in [-0.39, 0.29) is 0 Å². The number of benzene rings is 1. The lowest BCUT2D eigenvalue weighted by Gasteiger charge is -2.16. The lowest BCUT2D eigenvalue weighted by molar-refractivity contribution is 0.107. The summed E-state index contributed by atoms with van der Waals surface area (Å²) < 4.78 is 11.2. The lowest BCUT2D eigenvalue weighted by Crippen LogP contribution is -2.21. The highest BCUT2D eigenvalue weighted by Gasteiger charge is 2.15. The van der Waals surface area contributed by atoms with Crippen molar-refractivity contribution in [1.82, 2.24) is 0 Å². The molecule has 0 atom stereocenters. The van der Waals surface area contributed by atoms with Gasteiger partial charge in [-0.15, -0.1) is 11.8 Å². The van der Waals surface area contributed by atoms with E-state index < -0.39 is 5.60 Å². The molecule has 1 aromatic rings. The number of thioether (sulfide) groups is 1. The molecule has 94 valence electrons. The molecule has 4 heteroatoms. The maximum absolute atomic E-state index is 9.69. The third-order valence-corrected chi connectivity index (χ3v) is 3.75. The van der Waals surface area contributed by atoms with E-state index in [9.17, 15) is 5.11 Å². The summed E-state index contributed by atoms with van der Waals surface area (Å²) in [6.07, 6.45) is 0.917. The van der Waals surface area contributed by atoms with Gasteiger partial charge in [-0.1, -0.05) is 0 Å². The van der Waals surface area contributed by atoms with Crippen molar-refractivity contribution in [2.45, 2.75) is 30.8 Å². The number of aliphatic hydroxyl groups is 1. The zero-order chi connectivity index (χ0) is 12.3. The molecule has 0 spiro atoms. The van der Waals surface area contributed by atoms with Crippen LogP contribution in [0.15, 0.2) is 23.1 Å². The number of fused-ring (bicyclic) bond motifs is 1. The van der Waals surface area contributed by atoms with Crippen molar-refractivity contribution in [3.8, 4) is 11.5 Å². The van der Waals surface area contributed by atoms with Gasteiger partial charge in [-0.05, 0) is 32.0 Å². The normalized spacial score (nSPS) is 15.5. The van der Waals surface area contributed by atoms with Gasteiger partial charge in [-0.3, -0.25) is 0 Å². The summed E-state index contributed by atoms with van der Waals surface area (Å²) in [4.78, 5) is 1.09. The molecular weight excluding hydrogens is 236 g/mol. The van der Waals surface area contributed by atoms with E-state index in [0.717, 1.165) is 22.8 Å². The summed E-state index contributed by atoms with van der Waals surface area (Å²) in [5.41, 5.74) is -0.658. The van der Waals surface area contributed by atoms with Gasteiger partial charge in [0.05, 0.1) is 18.8 Å². The van der Waals surface area contributed by atoms with Crippen LogP contribution in [0.2, 0.25) is 0 Å². The maximum Gasteiger partial charge on any atom is 0.162 e. The quantitative estimate of drug-likeness (QED) is 0.842. The van der Waals surface area contributed by atoms with Gasteiger partial charge in [0.2, 0.25) is 0 Å². The number of ether oxygens (including phenoxy) is 2. The molecule has 0 aliphatic carbocycles. The van der Waals surface area contributed by atoms with Crippen molar-refractivity contribution in [1.29, 1.82) is 0 Å². The first-order valence-corrected chi connectivity index (χ1v) is 6.78. The highest BCUT2D eigenvalue weighted by Crippen LogP contribution is 2.34. The Kier molecular flexibility index (Phi) is 3.84. The highest BCUT2D eigenvalue weighted by atomic mass is 32.2. The molecule has 0 saturated carbocycles. The smallest absolute Gasteiger partial charge is 0.162 e. The molecule has 3 nitrogen and oxygen atoms in total. The average Bonchev–Trinajstić information content (AvgIpc) is 2.49. The van der Waals surface area contributed by atoms with Gasteiger partial charge in [-0.2, -0.15) is 0 Å². The van der Waals surface area contributed by atoms with Crippen molar-refractivity contribution in [3.63, 3.8) is 0 Å². The van der Waals surface area contributed by atoms with Gasteiger partial charge in [-0.25, -0.2) is 0 Å². The summed E-state index contributed by atoms with van der Waals surface area (Å²) in [5, 5.41) is 9.69. The van der Waals surface area contributed by atoms with E-state index in [1.54, 1.807) is 11.8 Å². The maximum atomic E-state index is 9.69. The second-order valence-electron chi connectivity index (χ2n) is 4.76. The molecule has 2 rings (SSSR count). The molecule has 0 radical (unpaired) electrons. The van der Waals surface area contributed by atoms with Crippen LogP contribution in [0.3, 0.4) is 0 Å². The predicted octanol–water partition coefficient (Wildman–Crippen LogP) is 2.71. The molecule has 1 aliphatic heterocycles. The fourth-order valence-corrected chi connectivity index (χ4v) is 2.37. The van der Waals surface area contributed by atoms with Gasteiger partial charge in [0, 0.05) is 17.1 Å². The third-order valence-electron chi connectivity index (χ3n) is 2.31. The molecule has 0 bridgehead atoms. The molecule has 0 unspecified atom stereocenters. The van der Waals surface area contributed by atoms with Gasteiger partial charge in [0.25, 0.3) is 0 Å². The monoisotopic (exact) mass is 254 g/mol. The number of rotatable bonds is 3. The Morgan fingerprint density at radius 3 is 2.65 bits per heavy atom. The van der Waals surface area contributed by atoms with Crippen LogP contribution < -0.4 is 9.47 Å². The Bertz CT molecular complexity index is 385. The summed E-state index contributed by atoms with van der Waals surface area (Å²) in [6, 6.07) is 5.92. The summed E-state index contributed by atoms with van der Waals surface area (Å²) in [5.74, 6) is 2.28. The number of hydrogen-bond donors (Lipinski definition) is 1. The molecular formula is C13H18O3S. The molecule has 1 N–H and O–H groups in total. The van der Waals surface area contributed by atoms with E-state index in [4.69, 9.17) is 9.47 Å². The van der Waals surface area contributed by atoms with E-state index >= 15 is 0 Å². The van der Waals surface area contributed by atoms with Crippen LogP contribution in [0.25, 0.3) is 0 Å². The average molecular weight is 254 g/mol. The molecule has 1 aromatic carbocycles. The summed E-state index contributed by atoms with van der Waals surface area (Å²) in [7, 11) is 0. The van der Waals surface area contributed by atoms with E-state index in [0.29, 0.717) is 19.0 Å². The summed E-state index contributed by atoms with van der Waals surface area (Å²) >= 11 is 1.62. The van der Waals surface area contributed by atoms with Crippen molar-refractivity contribution < 1.29 is 14.6 Å². The third kappa shape index (κ3) is 3.82. The SMILES string of the molecule is CC(C)(O)CSc1ccc2c(c1)OCCCO2. The Labute approximate surface area is 106 Å². The van der Waals surface area contributed by atoms with Crippen molar-refractivity contribution in [3.05, 3.63) is 18.2 Å². The van der Waals surface area contributed by atoms with Crippen LogP contribution in [0.1, 0.15) is 20.3 Å². The van der Waals surface area contributed by atoms with Crippen molar-refractivity contribution >= 4 is 11.8 Å². The Hall–Kier alpha value is -0.870. The zero-order valence-electron chi connectivity index (χ0n) is 10.2. The van der Waals surface area contributed by atoms with Gasteiger partial charge in [0.15, 0.2) is 11.5 Å². The van der Waals surface area contributed by atoms with Gasteiger partial charge in [0.1, 0.15) is 0 Å². The molecule has 0 aromatic heterocycles. The van der Waals surface area contributed by atoms with E-state index in [1.807, 2.05) is 32.0 Å². The van der Waals surface area contributed by atoms with Crippen LogP contribution in [0.5, 0.6) is 11.5 Å². The Morgan fingerprint density at radius 2 is 1.94 bits per heavy atom. The predicted molar refractivity (Wildman–Crippen MR) is 69.1 cm³/mol. The largest absolute Gasteiger partial charge is 0.490 e. The minimum Gasteiger partial charge on any atom is -0.490 e. The molecule has 0 amide bonds. The standard InChI is InChI=1S/C13H18O3S/c1-13(2,14)9-17-10-4-5-11-12(8-10)16-7-3-6-15-11/h4-5,8,14H,3,6-7,9H2,1-2H3. The van der Waals surface area contributed by atoms with Crippen LogP contribution >= 0.6 is 11.8 Å².